The number of carbonyl (C=O) groups is 1. The van der Waals surface area contributed by atoms with E-state index in [1.165, 1.54) is 6.92 Å². The minimum Gasteiger partial charge on any atom is -0.480 e. The predicted molar refractivity (Wildman–Crippen MR) is 59.2 cm³/mol. The lowest BCUT2D eigenvalue weighted by molar-refractivity contribution is -0.146. The van der Waals surface area contributed by atoms with Crippen LogP contribution in [0, 0.1) is 0 Å². The van der Waals surface area contributed by atoms with Gasteiger partial charge in [0.2, 0.25) is 0 Å². The third-order valence-electron chi connectivity index (χ3n) is 2.86. The van der Waals surface area contributed by atoms with Gasteiger partial charge in [0.25, 0.3) is 10.2 Å². The average molecular weight is 250 g/mol. The quantitative estimate of drug-likeness (QED) is 0.728. The Morgan fingerprint density at radius 2 is 2.19 bits per heavy atom. The minimum atomic E-state index is -3.67. The van der Waals surface area contributed by atoms with Crippen molar-refractivity contribution in [1.29, 1.82) is 0 Å². The van der Waals surface area contributed by atoms with Crippen molar-refractivity contribution in [1.82, 2.24) is 9.03 Å². The molecule has 0 amide bonds. The number of aliphatic carboxylic acids is 1. The molecule has 6 nitrogen and oxygen atoms in total. The van der Waals surface area contributed by atoms with E-state index in [-0.39, 0.29) is 6.54 Å². The molecular weight excluding hydrogens is 232 g/mol. The Bertz CT molecular complexity index is 368. The largest absolute Gasteiger partial charge is 0.480 e. The van der Waals surface area contributed by atoms with Gasteiger partial charge in [0.1, 0.15) is 5.54 Å². The zero-order valence-corrected chi connectivity index (χ0v) is 10.4. The first-order valence-electron chi connectivity index (χ1n) is 5.35. The van der Waals surface area contributed by atoms with Crippen LogP contribution in [0.1, 0.15) is 33.1 Å². The van der Waals surface area contributed by atoms with E-state index in [0.29, 0.717) is 25.8 Å². The van der Waals surface area contributed by atoms with Crippen molar-refractivity contribution in [3.05, 3.63) is 0 Å². The summed E-state index contributed by atoms with van der Waals surface area (Å²) in [6.07, 6.45) is 1.61. The topological polar surface area (TPSA) is 86.7 Å². The van der Waals surface area contributed by atoms with Crippen molar-refractivity contribution in [2.45, 2.75) is 38.6 Å². The molecule has 1 saturated heterocycles. The number of carboxylic acid groups (broad SMARTS) is 1. The Labute approximate surface area is 95.8 Å². The molecule has 1 unspecified atom stereocenters. The van der Waals surface area contributed by atoms with Gasteiger partial charge in [-0.1, -0.05) is 6.92 Å². The molecule has 1 rings (SSSR count). The number of nitrogens with zero attached hydrogens (tertiary/aromatic N) is 1. The highest BCUT2D eigenvalue weighted by Crippen LogP contribution is 2.31. The maximum atomic E-state index is 11.9. The Morgan fingerprint density at radius 1 is 1.56 bits per heavy atom. The smallest absolute Gasteiger partial charge is 0.324 e. The molecule has 1 aliphatic heterocycles. The first-order valence-corrected chi connectivity index (χ1v) is 6.79. The second-order valence-corrected chi connectivity index (χ2v) is 5.83. The second kappa shape index (κ2) is 4.68. The molecule has 2 N–H and O–H groups in total. The molecule has 1 heterocycles. The predicted octanol–water partition coefficient (Wildman–Crippen LogP) is 0.170. The van der Waals surface area contributed by atoms with Gasteiger partial charge in [-0.15, -0.1) is 0 Å². The maximum absolute atomic E-state index is 11.9. The van der Waals surface area contributed by atoms with Crippen molar-refractivity contribution in [3.8, 4) is 0 Å². The molecule has 0 radical (unpaired) electrons. The SMILES string of the molecule is CCCNS(=O)(=O)N1CCCC1(C)C(=O)O. The molecular formula is C9H18N2O4S. The molecule has 1 fully saturated rings. The minimum absolute atomic E-state index is 0.266. The lowest BCUT2D eigenvalue weighted by atomic mass is 10.0. The monoisotopic (exact) mass is 250 g/mol. The van der Waals surface area contributed by atoms with E-state index >= 15 is 0 Å². The van der Waals surface area contributed by atoms with E-state index in [1.807, 2.05) is 6.92 Å². The molecule has 0 aliphatic carbocycles. The molecule has 0 aromatic rings. The highest BCUT2D eigenvalue weighted by molar-refractivity contribution is 7.87. The summed E-state index contributed by atoms with van der Waals surface area (Å²) in [4.78, 5) is 11.1. The number of rotatable bonds is 5. The number of nitrogens with one attached hydrogen (secondary N) is 1. The highest BCUT2D eigenvalue weighted by Gasteiger charge is 2.49. The fourth-order valence-electron chi connectivity index (χ4n) is 1.85. The van der Waals surface area contributed by atoms with Crippen LogP contribution in [0.3, 0.4) is 0 Å². The van der Waals surface area contributed by atoms with Gasteiger partial charge in [0, 0.05) is 13.1 Å². The molecule has 0 bridgehead atoms. The second-order valence-electron chi connectivity index (χ2n) is 4.15. The van der Waals surface area contributed by atoms with Gasteiger partial charge in [-0.25, -0.2) is 4.72 Å². The van der Waals surface area contributed by atoms with Gasteiger partial charge in [0.05, 0.1) is 0 Å². The van der Waals surface area contributed by atoms with E-state index in [4.69, 9.17) is 5.11 Å². The summed E-state index contributed by atoms with van der Waals surface area (Å²) in [5.41, 5.74) is -1.31. The van der Waals surface area contributed by atoms with Gasteiger partial charge in [0.15, 0.2) is 0 Å². The Hall–Kier alpha value is -0.660. The zero-order valence-electron chi connectivity index (χ0n) is 9.56. The molecule has 0 saturated carbocycles. The molecule has 1 atom stereocenters. The Balaban J connectivity index is 2.91. The molecule has 0 spiro atoms. The number of hydrogen-bond acceptors (Lipinski definition) is 3. The van der Waals surface area contributed by atoms with Crippen LogP contribution < -0.4 is 4.72 Å². The van der Waals surface area contributed by atoms with E-state index in [0.717, 1.165) is 4.31 Å². The van der Waals surface area contributed by atoms with Gasteiger partial charge in [-0.3, -0.25) is 4.79 Å². The molecule has 16 heavy (non-hydrogen) atoms. The van der Waals surface area contributed by atoms with Gasteiger partial charge in [-0.2, -0.15) is 12.7 Å². The van der Waals surface area contributed by atoms with Gasteiger partial charge in [-0.05, 0) is 26.2 Å². The molecule has 0 aromatic carbocycles. The summed E-state index contributed by atoms with van der Waals surface area (Å²) in [5, 5.41) is 9.10. The van der Waals surface area contributed by atoms with Crippen molar-refractivity contribution in [3.63, 3.8) is 0 Å². The van der Waals surface area contributed by atoms with Gasteiger partial charge < -0.3 is 5.11 Å². The third-order valence-corrected chi connectivity index (χ3v) is 4.60. The summed E-state index contributed by atoms with van der Waals surface area (Å²) in [6, 6.07) is 0. The average Bonchev–Trinajstić information content (AvgIpc) is 2.59. The fraction of sp³-hybridized carbons (Fsp3) is 0.889. The van der Waals surface area contributed by atoms with Crippen molar-refractivity contribution < 1.29 is 18.3 Å². The summed E-state index contributed by atoms with van der Waals surface area (Å²) in [6.45, 7) is 3.90. The highest BCUT2D eigenvalue weighted by atomic mass is 32.2. The van der Waals surface area contributed by atoms with E-state index in [9.17, 15) is 13.2 Å². The van der Waals surface area contributed by atoms with Crippen molar-refractivity contribution in [2.75, 3.05) is 13.1 Å². The lowest BCUT2D eigenvalue weighted by Crippen LogP contribution is -2.54. The van der Waals surface area contributed by atoms with Crippen LogP contribution in [-0.2, 0) is 15.0 Å². The van der Waals surface area contributed by atoms with Crippen LogP contribution in [0.5, 0.6) is 0 Å². The molecule has 0 aromatic heterocycles. The number of carboxylic acids is 1. The van der Waals surface area contributed by atoms with Crippen molar-refractivity contribution in [2.24, 2.45) is 0 Å². The molecule has 1 aliphatic rings. The normalized spacial score (nSPS) is 27.1. The first kappa shape index (κ1) is 13.4. The van der Waals surface area contributed by atoms with Crippen LogP contribution in [0.4, 0.5) is 0 Å². The number of hydrogen-bond donors (Lipinski definition) is 2. The third kappa shape index (κ3) is 2.36. The van der Waals surface area contributed by atoms with E-state index < -0.39 is 21.7 Å². The lowest BCUT2D eigenvalue weighted by Gasteiger charge is -2.30. The van der Waals surface area contributed by atoms with Crippen LogP contribution in [0.2, 0.25) is 0 Å². The van der Waals surface area contributed by atoms with Crippen LogP contribution in [-0.4, -0.2) is 42.4 Å². The zero-order chi connectivity index (χ0) is 12.4. The van der Waals surface area contributed by atoms with E-state index in [1.54, 1.807) is 0 Å². The molecule has 94 valence electrons. The van der Waals surface area contributed by atoms with Gasteiger partial charge >= 0.3 is 5.97 Å². The fourth-order valence-corrected chi connectivity index (χ4v) is 3.53. The summed E-state index contributed by atoms with van der Waals surface area (Å²) in [5.74, 6) is -1.09. The summed E-state index contributed by atoms with van der Waals surface area (Å²) < 4.78 is 27.2. The van der Waals surface area contributed by atoms with Crippen LogP contribution in [0.15, 0.2) is 0 Å². The van der Waals surface area contributed by atoms with Crippen molar-refractivity contribution >= 4 is 16.2 Å². The Morgan fingerprint density at radius 3 is 2.69 bits per heavy atom. The standard InChI is InChI=1S/C9H18N2O4S/c1-3-6-10-16(14,15)11-7-4-5-9(11,2)8(12)13/h10H,3-7H2,1-2H3,(H,12,13). The summed E-state index contributed by atoms with van der Waals surface area (Å²) in [7, 11) is -3.67. The first-order chi connectivity index (χ1) is 7.34. The van der Waals surface area contributed by atoms with E-state index in [2.05, 4.69) is 4.72 Å². The van der Waals surface area contributed by atoms with Crippen LogP contribution in [0.25, 0.3) is 0 Å². The molecule has 7 heteroatoms. The van der Waals surface area contributed by atoms with Crippen LogP contribution >= 0.6 is 0 Å². The summed E-state index contributed by atoms with van der Waals surface area (Å²) >= 11 is 0. The maximum Gasteiger partial charge on any atom is 0.324 e. The Kier molecular flexibility index (Phi) is 3.92.